The van der Waals surface area contributed by atoms with Crippen LogP contribution >= 0.6 is 0 Å². The lowest BCUT2D eigenvalue weighted by Gasteiger charge is -2.29. The molecule has 7 nitrogen and oxygen atoms in total. The summed E-state index contributed by atoms with van der Waals surface area (Å²) >= 11 is 0. The van der Waals surface area contributed by atoms with E-state index in [2.05, 4.69) is 10.6 Å². The Morgan fingerprint density at radius 2 is 2.19 bits per heavy atom. The van der Waals surface area contributed by atoms with Crippen molar-refractivity contribution in [1.29, 1.82) is 0 Å². The van der Waals surface area contributed by atoms with Crippen molar-refractivity contribution in [3.63, 3.8) is 0 Å². The second kappa shape index (κ2) is 7.92. The van der Waals surface area contributed by atoms with E-state index in [0.717, 1.165) is 48.7 Å². The molecular weight excluding hydrogens is 342 g/mol. The number of rotatable bonds is 5. The molecule has 7 heteroatoms. The van der Waals surface area contributed by atoms with Crippen LogP contribution in [-0.2, 0) is 17.8 Å². The SMILES string of the molecule is CNc1nc([C@H]2CCCN2)nc2c1CCN(C(=O)COc1ccccc1)C2. The third-order valence-corrected chi connectivity index (χ3v) is 5.15. The first-order valence-electron chi connectivity index (χ1n) is 9.51. The highest BCUT2D eigenvalue weighted by Gasteiger charge is 2.27. The molecule has 1 amide bonds. The molecule has 0 spiro atoms. The summed E-state index contributed by atoms with van der Waals surface area (Å²) < 4.78 is 5.61. The van der Waals surface area contributed by atoms with Crippen molar-refractivity contribution in [2.45, 2.75) is 31.8 Å². The number of anilines is 1. The first-order chi connectivity index (χ1) is 13.2. The van der Waals surface area contributed by atoms with Crippen LogP contribution in [0, 0.1) is 0 Å². The zero-order valence-electron chi connectivity index (χ0n) is 15.6. The number of carbonyl (C=O) groups excluding carboxylic acids is 1. The second-order valence-corrected chi connectivity index (χ2v) is 6.92. The van der Waals surface area contributed by atoms with Crippen molar-refractivity contribution < 1.29 is 9.53 Å². The Bertz CT molecular complexity index is 806. The number of hydrogen-bond donors (Lipinski definition) is 2. The molecule has 0 radical (unpaired) electrons. The third-order valence-electron chi connectivity index (χ3n) is 5.15. The van der Waals surface area contributed by atoms with Crippen LogP contribution in [0.1, 0.15) is 36.0 Å². The number of hydrogen-bond acceptors (Lipinski definition) is 6. The first kappa shape index (κ1) is 17.7. The summed E-state index contributed by atoms with van der Waals surface area (Å²) in [6.07, 6.45) is 2.94. The van der Waals surface area contributed by atoms with Gasteiger partial charge in [0.1, 0.15) is 17.4 Å². The number of para-hydroxylation sites is 1. The van der Waals surface area contributed by atoms with E-state index in [1.165, 1.54) is 0 Å². The Morgan fingerprint density at radius 3 is 2.93 bits per heavy atom. The summed E-state index contributed by atoms with van der Waals surface area (Å²) in [5.41, 5.74) is 2.06. The Kier molecular flexibility index (Phi) is 5.20. The number of fused-ring (bicyclic) bond motifs is 1. The third kappa shape index (κ3) is 3.88. The fraction of sp³-hybridized carbons (Fsp3) is 0.450. The lowest BCUT2D eigenvalue weighted by Crippen LogP contribution is -2.40. The first-order valence-corrected chi connectivity index (χ1v) is 9.51. The Hall–Kier alpha value is -2.67. The average Bonchev–Trinajstić information content (AvgIpc) is 3.26. The van der Waals surface area contributed by atoms with Gasteiger partial charge in [0.2, 0.25) is 0 Å². The predicted molar refractivity (Wildman–Crippen MR) is 103 cm³/mol. The van der Waals surface area contributed by atoms with Gasteiger partial charge in [0.15, 0.2) is 6.61 Å². The van der Waals surface area contributed by atoms with Crippen molar-refractivity contribution >= 4 is 11.7 Å². The Morgan fingerprint density at radius 1 is 1.33 bits per heavy atom. The fourth-order valence-corrected chi connectivity index (χ4v) is 3.68. The minimum absolute atomic E-state index is 0.0188. The molecule has 0 aliphatic carbocycles. The molecule has 2 aromatic rings. The molecule has 1 aromatic carbocycles. The standard InChI is InChI=1S/C20H25N5O2/c1-21-19-15-9-11-25(18(26)13-27-14-6-3-2-4-7-14)12-17(15)23-20(24-19)16-8-5-10-22-16/h2-4,6-7,16,22H,5,8-13H2,1H3,(H,21,23,24)/t16-/m1/s1. The van der Waals surface area contributed by atoms with E-state index in [1.54, 1.807) is 0 Å². The van der Waals surface area contributed by atoms with E-state index >= 15 is 0 Å². The number of benzene rings is 1. The normalized spacial score (nSPS) is 18.9. The summed E-state index contributed by atoms with van der Waals surface area (Å²) in [6.45, 7) is 2.20. The molecule has 0 unspecified atom stereocenters. The number of aromatic nitrogens is 2. The summed E-state index contributed by atoms with van der Waals surface area (Å²) in [6, 6.07) is 9.62. The smallest absolute Gasteiger partial charge is 0.260 e. The molecule has 0 bridgehead atoms. The van der Waals surface area contributed by atoms with Gasteiger partial charge in [-0.25, -0.2) is 9.97 Å². The maximum atomic E-state index is 12.6. The molecular formula is C20H25N5O2. The maximum absolute atomic E-state index is 12.6. The molecule has 2 aliphatic heterocycles. The molecule has 4 rings (SSSR count). The van der Waals surface area contributed by atoms with E-state index < -0.39 is 0 Å². The van der Waals surface area contributed by atoms with E-state index in [9.17, 15) is 4.79 Å². The lowest BCUT2D eigenvalue weighted by molar-refractivity contribution is -0.134. The summed E-state index contributed by atoms with van der Waals surface area (Å²) in [5.74, 6) is 2.40. The van der Waals surface area contributed by atoms with Crippen molar-refractivity contribution in [2.75, 3.05) is 32.1 Å². The molecule has 0 saturated carbocycles. The van der Waals surface area contributed by atoms with Crippen LogP contribution in [0.4, 0.5) is 5.82 Å². The number of ether oxygens (including phenoxy) is 1. The van der Waals surface area contributed by atoms with Crippen molar-refractivity contribution in [3.8, 4) is 5.75 Å². The summed E-state index contributed by atoms with van der Waals surface area (Å²) in [5, 5.41) is 6.65. The summed E-state index contributed by atoms with van der Waals surface area (Å²) in [7, 11) is 1.89. The molecule has 1 aromatic heterocycles. The van der Waals surface area contributed by atoms with Gasteiger partial charge in [0, 0.05) is 19.2 Å². The molecule has 1 saturated heterocycles. The van der Waals surface area contributed by atoms with E-state index in [4.69, 9.17) is 14.7 Å². The number of carbonyl (C=O) groups is 1. The van der Waals surface area contributed by atoms with Crippen molar-refractivity contribution in [3.05, 3.63) is 47.4 Å². The maximum Gasteiger partial charge on any atom is 0.260 e. The Labute approximate surface area is 159 Å². The van der Waals surface area contributed by atoms with Gasteiger partial charge < -0.3 is 20.3 Å². The van der Waals surface area contributed by atoms with Crippen LogP contribution < -0.4 is 15.4 Å². The molecule has 1 fully saturated rings. The van der Waals surface area contributed by atoms with Gasteiger partial charge >= 0.3 is 0 Å². The molecule has 2 N–H and O–H groups in total. The molecule has 3 heterocycles. The van der Waals surface area contributed by atoms with Gasteiger partial charge in [0.05, 0.1) is 18.3 Å². The van der Waals surface area contributed by atoms with Crippen LogP contribution in [0.15, 0.2) is 30.3 Å². The second-order valence-electron chi connectivity index (χ2n) is 6.92. The predicted octanol–water partition coefficient (Wildman–Crippen LogP) is 1.91. The van der Waals surface area contributed by atoms with Crippen molar-refractivity contribution in [1.82, 2.24) is 20.2 Å². The van der Waals surface area contributed by atoms with Gasteiger partial charge in [-0.1, -0.05) is 18.2 Å². The van der Waals surface area contributed by atoms with Gasteiger partial charge in [-0.15, -0.1) is 0 Å². The quantitative estimate of drug-likeness (QED) is 0.840. The molecule has 1 atom stereocenters. The highest BCUT2D eigenvalue weighted by Crippen LogP contribution is 2.28. The van der Waals surface area contributed by atoms with Crippen LogP contribution in [0.25, 0.3) is 0 Å². The number of amides is 1. The molecule has 2 aliphatic rings. The van der Waals surface area contributed by atoms with Crippen LogP contribution in [0.2, 0.25) is 0 Å². The van der Waals surface area contributed by atoms with Gasteiger partial charge in [-0.05, 0) is 37.9 Å². The van der Waals surface area contributed by atoms with E-state index in [-0.39, 0.29) is 18.6 Å². The minimum Gasteiger partial charge on any atom is -0.484 e. The zero-order chi connectivity index (χ0) is 18.6. The lowest BCUT2D eigenvalue weighted by atomic mass is 10.0. The monoisotopic (exact) mass is 367 g/mol. The highest BCUT2D eigenvalue weighted by molar-refractivity contribution is 5.78. The van der Waals surface area contributed by atoms with E-state index in [1.807, 2.05) is 42.3 Å². The fourth-order valence-electron chi connectivity index (χ4n) is 3.68. The van der Waals surface area contributed by atoms with Gasteiger partial charge in [-0.3, -0.25) is 4.79 Å². The van der Waals surface area contributed by atoms with Crippen LogP contribution in [0.5, 0.6) is 5.75 Å². The molecule has 142 valence electrons. The topological polar surface area (TPSA) is 79.4 Å². The minimum atomic E-state index is -0.0188. The number of nitrogens with one attached hydrogen (secondary N) is 2. The van der Waals surface area contributed by atoms with Crippen LogP contribution in [0.3, 0.4) is 0 Å². The zero-order valence-corrected chi connectivity index (χ0v) is 15.6. The highest BCUT2D eigenvalue weighted by atomic mass is 16.5. The van der Waals surface area contributed by atoms with Gasteiger partial charge in [-0.2, -0.15) is 0 Å². The van der Waals surface area contributed by atoms with E-state index in [0.29, 0.717) is 18.8 Å². The number of nitrogens with zero attached hydrogens (tertiary/aromatic N) is 3. The van der Waals surface area contributed by atoms with Crippen molar-refractivity contribution in [2.24, 2.45) is 0 Å². The van der Waals surface area contributed by atoms with Crippen LogP contribution in [-0.4, -0.2) is 47.5 Å². The largest absolute Gasteiger partial charge is 0.484 e. The average molecular weight is 367 g/mol. The van der Waals surface area contributed by atoms with Gasteiger partial charge in [0.25, 0.3) is 5.91 Å². The molecule has 27 heavy (non-hydrogen) atoms. The summed E-state index contributed by atoms with van der Waals surface area (Å²) in [4.78, 5) is 24.0. The Balaban J connectivity index is 1.47.